The Balaban J connectivity index is 1.85. The minimum absolute atomic E-state index is 0.0150. The van der Waals surface area contributed by atoms with Crippen molar-refractivity contribution < 1.29 is 14.0 Å². The monoisotopic (exact) mass is 227 g/mol. The highest BCUT2D eigenvalue weighted by Gasteiger charge is 2.21. The molecule has 1 saturated heterocycles. The number of rotatable bonds is 5. The van der Waals surface area contributed by atoms with Crippen molar-refractivity contribution in [2.24, 2.45) is 0 Å². The van der Waals surface area contributed by atoms with Crippen molar-refractivity contribution in [2.75, 3.05) is 26.4 Å². The fraction of sp³-hybridized carbons (Fsp3) is 0.800. The molecule has 0 spiro atoms. The number of nitrogens with zero attached hydrogens (tertiary/aromatic N) is 2. The van der Waals surface area contributed by atoms with Gasteiger partial charge in [-0.15, -0.1) is 0 Å². The molecule has 6 heteroatoms. The molecule has 1 N–H and O–H groups in total. The molecule has 1 aromatic rings. The molecule has 2 heterocycles. The van der Waals surface area contributed by atoms with Crippen LogP contribution in [0.25, 0.3) is 0 Å². The second-order valence-corrected chi connectivity index (χ2v) is 3.68. The molecular formula is C10H17N3O3. The number of hydrogen-bond donors (Lipinski definition) is 1. The molecule has 1 aliphatic heterocycles. The van der Waals surface area contributed by atoms with Crippen LogP contribution in [-0.2, 0) is 16.1 Å². The van der Waals surface area contributed by atoms with Crippen molar-refractivity contribution in [3.8, 4) is 0 Å². The maximum Gasteiger partial charge on any atom is 0.246 e. The summed E-state index contributed by atoms with van der Waals surface area (Å²) in [6, 6.07) is 0.0150. The third-order valence-electron chi connectivity index (χ3n) is 2.28. The Morgan fingerprint density at radius 2 is 2.50 bits per heavy atom. The SMILES string of the molecule is CCCOCc1noc(C2COCCN2)n1. The van der Waals surface area contributed by atoms with Crippen LogP contribution in [0.1, 0.15) is 31.1 Å². The summed E-state index contributed by atoms with van der Waals surface area (Å²) in [5, 5.41) is 7.11. The van der Waals surface area contributed by atoms with Crippen LogP contribution >= 0.6 is 0 Å². The Morgan fingerprint density at radius 1 is 1.56 bits per heavy atom. The number of ether oxygens (including phenoxy) is 2. The topological polar surface area (TPSA) is 69.4 Å². The molecule has 0 aromatic carbocycles. The lowest BCUT2D eigenvalue weighted by Gasteiger charge is -2.20. The van der Waals surface area contributed by atoms with Crippen molar-refractivity contribution in [1.29, 1.82) is 0 Å². The molecule has 0 saturated carbocycles. The fourth-order valence-electron chi connectivity index (χ4n) is 1.50. The number of morpholine rings is 1. The van der Waals surface area contributed by atoms with Crippen molar-refractivity contribution in [1.82, 2.24) is 15.5 Å². The van der Waals surface area contributed by atoms with Crippen LogP contribution in [0.2, 0.25) is 0 Å². The normalized spacial score (nSPS) is 21.2. The van der Waals surface area contributed by atoms with Gasteiger partial charge in [0.25, 0.3) is 0 Å². The first-order valence-electron chi connectivity index (χ1n) is 5.61. The maximum atomic E-state index is 5.33. The van der Waals surface area contributed by atoms with Gasteiger partial charge in [0.15, 0.2) is 5.82 Å². The van der Waals surface area contributed by atoms with Crippen LogP contribution < -0.4 is 5.32 Å². The highest BCUT2D eigenvalue weighted by atomic mass is 16.5. The van der Waals surface area contributed by atoms with Gasteiger partial charge in [0.1, 0.15) is 12.6 Å². The van der Waals surface area contributed by atoms with Crippen LogP contribution in [-0.4, -0.2) is 36.5 Å². The van der Waals surface area contributed by atoms with Gasteiger partial charge in [0.05, 0.1) is 13.2 Å². The molecule has 2 rings (SSSR count). The standard InChI is InChI=1S/C10H17N3O3/c1-2-4-14-7-9-12-10(16-13-9)8-6-15-5-3-11-8/h8,11H,2-7H2,1H3. The van der Waals surface area contributed by atoms with Crippen molar-refractivity contribution in [2.45, 2.75) is 26.0 Å². The lowest BCUT2D eigenvalue weighted by Crippen LogP contribution is -2.34. The maximum absolute atomic E-state index is 5.33. The molecule has 1 atom stereocenters. The quantitative estimate of drug-likeness (QED) is 0.745. The minimum Gasteiger partial charge on any atom is -0.378 e. The van der Waals surface area contributed by atoms with Crippen LogP contribution in [0.5, 0.6) is 0 Å². The van der Waals surface area contributed by atoms with Gasteiger partial charge < -0.3 is 19.3 Å². The van der Waals surface area contributed by atoms with E-state index in [0.717, 1.165) is 19.6 Å². The van der Waals surface area contributed by atoms with E-state index in [4.69, 9.17) is 14.0 Å². The van der Waals surface area contributed by atoms with Gasteiger partial charge in [-0.1, -0.05) is 12.1 Å². The Bertz CT molecular complexity index is 310. The first-order chi connectivity index (χ1) is 7.90. The summed E-state index contributed by atoms with van der Waals surface area (Å²) >= 11 is 0. The van der Waals surface area contributed by atoms with Crippen molar-refractivity contribution >= 4 is 0 Å². The van der Waals surface area contributed by atoms with Crippen LogP contribution in [0, 0.1) is 0 Å². The summed E-state index contributed by atoms with van der Waals surface area (Å²) in [4.78, 5) is 4.26. The van der Waals surface area contributed by atoms with Crippen LogP contribution in [0.4, 0.5) is 0 Å². The Hall–Kier alpha value is -0.980. The molecule has 0 aliphatic carbocycles. The van der Waals surface area contributed by atoms with E-state index < -0.39 is 0 Å². The Morgan fingerprint density at radius 3 is 3.25 bits per heavy atom. The summed E-state index contributed by atoms with van der Waals surface area (Å²) < 4.78 is 15.8. The summed E-state index contributed by atoms with van der Waals surface area (Å²) in [6.45, 7) is 5.31. The predicted molar refractivity (Wildman–Crippen MR) is 55.8 cm³/mol. The lowest BCUT2D eigenvalue weighted by molar-refractivity contribution is 0.0659. The molecule has 90 valence electrons. The second-order valence-electron chi connectivity index (χ2n) is 3.68. The molecule has 6 nitrogen and oxygen atoms in total. The molecule has 1 aliphatic rings. The van der Waals surface area contributed by atoms with E-state index in [1.807, 2.05) is 0 Å². The molecule has 0 bridgehead atoms. The van der Waals surface area contributed by atoms with Gasteiger partial charge in [0, 0.05) is 13.2 Å². The van der Waals surface area contributed by atoms with Crippen molar-refractivity contribution in [3.05, 3.63) is 11.7 Å². The van der Waals surface area contributed by atoms with Crippen LogP contribution in [0.3, 0.4) is 0 Å². The van der Waals surface area contributed by atoms with E-state index in [-0.39, 0.29) is 6.04 Å². The molecule has 0 radical (unpaired) electrons. The van der Waals surface area contributed by atoms with Gasteiger partial charge in [-0.2, -0.15) is 4.98 Å². The van der Waals surface area contributed by atoms with E-state index in [9.17, 15) is 0 Å². The fourth-order valence-corrected chi connectivity index (χ4v) is 1.50. The zero-order chi connectivity index (χ0) is 11.2. The average molecular weight is 227 g/mol. The molecule has 16 heavy (non-hydrogen) atoms. The third-order valence-corrected chi connectivity index (χ3v) is 2.28. The molecule has 1 fully saturated rings. The van der Waals surface area contributed by atoms with Gasteiger partial charge in [-0.3, -0.25) is 0 Å². The summed E-state index contributed by atoms with van der Waals surface area (Å²) in [7, 11) is 0. The largest absolute Gasteiger partial charge is 0.378 e. The van der Waals surface area contributed by atoms with E-state index >= 15 is 0 Å². The van der Waals surface area contributed by atoms with E-state index in [2.05, 4.69) is 22.4 Å². The zero-order valence-corrected chi connectivity index (χ0v) is 9.44. The average Bonchev–Trinajstić information content (AvgIpc) is 2.79. The summed E-state index contributed by atoms with van der Waals surface area (Å²) in [6.07, 6.45) is 0.989. The molecule has 1 aromatic heterocycles. The highest BCUT2D eigenvalue weighted by Crippen LogP contribution is 2.13. The van der Waals surface area contributed by atoms with Gasteiger partial charge in [-0.05, 0) is 6.42 Å². The first-order valence-corrected chi connectivity index (χ1v) is 5.61. The van der Waals surface area contributed by atoms with E-state index in [0.29, 0.717) is 31.5 Å². The van der Waals surface area contributed by atoms with Crippen LogP contribution in [0.15, 0.2) is 4.52 Å². The highest BCUT2D eigenvalue weighted by molar-refractivity contribution is 4.93. The number of aromatic nitrogens is 2. The smallest absolute Gasteiger partial charge is 0.246 e. The Kier molecular flexibility index (Phi) is 4.26. The minimum atomic E-state index is 0.0150. The predicted octanol–water partition coefficient (Wildman–Crippen LogP) is 0.657. The van der Waals surface area contributed by atoms with Gasteiger partial charge >= 0.3 is 0 Å². The number of hydrogen-bond acceptors (Lipinski definition) is 6. The number of nitrogens with one attached hydrogen (secondary N) is 1. The van der Waals surface area contributed by atoms with Gasteiger partial charge in [0.2, 0.25) is 5.89 Å². The lowest BCUT2D eigenvalue weighted by atomic mass is 10.3. The van der Waals surface area contributed by atoms with E-state index in [1.165, 1.54) is 0 Å². The van der Waals surface area contributed by atoms with E-state index in [1.54, 1.807) is 0 Å². The molecule has 1 unspecified atom stereocenters. The third kappa shape index (κ3) is 3.01. The zero-order valence-electron chi connectivity index (χ0n) is 9.44. The van der Waals surface area contributed by atoms with Gasteiger partial charge in [-0.25, -0.2) is 0 Å². The molecule has 0 amide bonds. The Labute approximate surface area is 94.3 Å². The molecular weight excluding hydrogens is 210 g/mol. The summed E-state index contributed by atoms with van der Waals surface area (Å²) in [5.41, 5.74) is 0. The summed E-state index contributed by atoms with van der Waals surface area (Å²) in [5.74, 6) is 1.17. The second kappa shape index (κ2) is 5.93. The van der Waals surface area contributed by atoms with Crippen molar-refractivity contribution in [3.63, 3.8) is 0 Å². The first kappa shape index (κ1) is 11.5.